The van der Waals surface area contributed by atoms with Gasteiger partial charge in [-0.1, -0.05) is 6.07 Å². The molecule has 0 saturated carbocycles. The lowest BCUT2D eigenvalue weighted by Gasteiger charge is -2.19. The molecule has 0 atom stereocenters. The van der Waals surface area contributed by atoms with Gasteiger partial charge in [0.15, 0.2) is 11.5 Å². The zero-order valence-corrected chi connectivity index (χ0v) is 12.9. The number of urea groups is 1. The van der Waals surface area contributed by atoms with E-state index in [0.717, 1.165) is 23.5 Å². The summed E-state index contributed by atoms with van der Waals surface area (Å²) in [6.07, 6.45) is 0.848. The Kier molecular flexibility index (Phi) is 4.80. The van der Waals surface area contributed by atoms with Crippen molar-refractivity contribution < 1.29 is 14.3 Å². The van der Waals surface area contributed by atoms with E-state index in [9.17, 15) is 4.79 Å². The van der Waals surface area contributed by atoms with Gasteiger partial charge in [-0.15, -0.1) is 0 Å². The lowest BCUT2D eigenvalue weighted by molar-refractivity contribution is 0.171. The molecule has 0 unspecified atom stereocenters. The predicted octanol–water partition coefficient (Wildman–Crippen LogP) is 2.56. The smallest absolute Gasteiger partial charge is 0.315 e. The van der Waals surface area contributed by atoms with Gasteiger partial charge >= 0.3 is 6.03 Å². The van der Waals surface area contributed by atoms with Crippen LogP contribution < -0.4 is 20.1 Å². The molecular weight excluding hydrogens is 300 g/mol. The van der Waals surface area contributed by atoms with Crippen LogP contribution in [0.4, 0.5) is 4.79 Å². The van der Waals surface area contributed by atoms with E-state index in [-0.39, 0.29) is 6.03 Å². The molecule has 116 valence electrons. The Bertz CT molecular complexity index is 628. The molecule has 2 aromatic rings. The molecule has 2 heterocycles. The van der Waals surface area contributed by atoms with Gasteiger partial charge in [0.2, 0.25) is 0 Å². The number of hydrogen-bond donors (Lipinski definition) is 2. The van der Waals surface area contributed by atoms with Gasteiger partial charge in [-0.05, 0) is 46.5 Å². The fraction of sp³-hybridized carbons (Fsp3) is 0.312. The maximum Gasteiger partial charge on any atom is 0.315 e. The summed E-state index contributed by atoms with van der Waals surface area (Å²) in [4.78, 5) is 11.8. The molecular formula is C16H18N2O3S. The highest BCUT2D eigenvalue weighted by Crippen LogP contribution is 2.30. The molecule has 0 spiro atoms. The van der Waals surface area contributed by atoms with Gasteiger partial charge in [0.1, 0.15) is 13.2 Å². The topological polar surface area (TPSA) is 59.6 Å². The quantitative estimate of drug-likeness (QED) is 0.891. The molecule has 6 heteroatoms. The Labute approximate surface area is 133 Å². The number of benzene rings is 1. The summed E-state index contributed by atoms with van der Waals surface area (Å²) in [7, 11) is 0. The van der Waals surface area contributed by atoms with Crippen LogP contribution in [0.15, 0.2) is 35.0 Å². The minimum absolute atomic E-state index is 0.162. The zero-order valence-electron chi connectivity index (χ0n) is 12.1. The van der Waals surface area contributed by atoms with Crippen LogP contribution in [-0.4, -0.2) is 25.8 Å². The van der Waals surface area contributed by atoms with E-state index < -0.39 is 0 Å². The Morgan fingerprint density at radius 2 is 1.95 bits per heavy atom. The summed E-state index contributed by atoms with van der Waals surface area (Å²) in [6, 6.07) is 7.61. The Morgan fingerprint density at radius 3 is 2.77 bits per heavy atom. The van der Waals surface area contributed by atoms with E-state index in [1.54, 1.807) is 11.3 Å². The number of amides is 2. The molecule has 2 N–H and O–H groups in total. The molecule has 1 aromatic heterocycles. The van der Waals surface area contributed by atoms with Crippen molar-refractivity contribution in [3.63, 3.8) is 0 Å². The van der Waals surface area contributed by atoms with Crippen molar-refractivity contribution in [2.75, 3.05) is 19.8 Å². The van der Waals surface area contributed by atoms with E-state index in [1.807, 2.05) is 23.6 Å². The third-order valence-electron chi connectivity index (χ3n) is 3.34. The molecule has 0 saturated heterocycles. The van der Waals surface area contributed by atoms with Crippen LogP contribution >= 0.6 is 11.3 Å². The van der Waals surface area contributed by atoms with Crippen molar-refractivity contribution in [3.8, 4) is 11.5 Å². The van der Waals surface area contributed by atoms with Crippen LogP contribution in [0.25, 0.3) is 0 Å². The molecule has 5 nitrogen and oxygen atoms in total. The fourth-order valence-electron chi connectivity index (χ4n) is 2.20. The second kappa shape index (κ2) is 7.17. The van der Waals surface area contributed by atoms with Crippen LogP contribution in [0.5, 0.6) is 11.5 Å². The summed E-state index contributed by atoms with van der Waals surface area (Å²) in [5.74, 6) is 1.50. The van der Waals surface area contributed by atoms with Gasteiger partial charge in [0.25, 0.3) is 0 Å². The van der Waals surface area contributed by atoms with Crippen molar-refractivity contribution in [2.24, 2.45) is 0 Å². The molecule has 3 rings (SSSR count). The summed E-state index contributed by atoms with van der Waals surface area (Å²) in [5.41, 5.74) is 2.23. The van der Waals surface area contributed by atoms with Crippen LogP contribution in [0.3, 0.4) is 0 Å². The van der Waals surface area contributed by atoms with Gasteiger partial charge in [-0.3, -0.25) is 0 Å². The molecule has 1 aromatic carbocycles. The molecule has 0 radical (unpaired) electrons. The first-order valence-corrected chi connectivity index (χ1v) is 8.17. The number of rotatable bonds is 5. The largest absolute Gasteiger partial charge is 0.486 e. The lowest BCUT2D eigenvalue weighted by atomic mass is 10.2. The van der Waals surface area contributed by atoms with Crippen molar-refractivity contribution in [2.45, 2.75) is 13.0 Å². The second-order valence-electron chi connectivity index (χ2n) is 4.97. The van der Waals surface area contributed by atoms with Crippen LogP contribution in [-0.2, 0) is 13.0 Å². The third-order valence-corrected chi connectivity index (χ3v) is 4.07. The first-order chi connectivity index (χ1) is 10.8. The van der Waals surface area contributed by atoms with E-state index in [1.165, 1.54) is 5.56 Å². The molecule has 0 aliphatic carbocycles. The molecule has 2 amide bonds. The van der Waals surface area contributed by atoms with Crippen molar-refractivity contribution >= 4 is 17.4 Å². The Morgan fingerprint density at radius 1 is 1.09 bits per heavy atom. The number of thiophene rings is 1. The summed E-state index contributed by atoms with van der Waals surface area (Å²) >= 11 is 1.67. The molecule has 0 fully saturated rings. The van der Waals surface area contributed by atoms with E-state index in [4.69, 9.17) is 9.47 Å². The number of carbonyl (C=O) groups is 1. The summed E-state index contributed by atoms with van der Waals surface area (Å²) in [5, 5.41) is 9.83. The molecule has 22 heavy (non-hydrogen) atoms. The van der Waals surface area contributed by atoms with Gasteiger partial charge in [0.05, 0.1) is 0 Å². The van der Waals surface area contributed by atoms with Gasteiger partial charge in [0, 0.05) is 13.1 Å². The number of carbonyl (C=O) groups excluding carboxylic acids is 1. The number of nitrogens with one attached hydrogen (secondary N) is 2. The van der Waals surface area contributed by atoms with Crippen LogP contribution in [0, 0.1) is 0 Å². The number of fused-ring (bicyclic) bond motifs is 1. The zero-order chi connectivity index (χ0) is 15.2. The van der Waals surface area contributed by atoms with Crippen molar-refractivity contribution in [1.29, 1.82) is 0 Å². The summed E-state index contributed by atoms with van der Waals surface area (Å²) in [6.45, 7) is 2.23. The average molecular weight is 318 g/mol. The minimum Gasteiger partial charge on any atom is -0.486 e. The molecule has 0 bridgehead atoms. The number of ether oxygens (including phenoxy) is 2. The predicted molar refractivity (Wildman–Crippen MR) is 85.7 cm³/mol. The van der Waals surface area contributed by atoms with Gasteiger partial charge in [-0.2, -0.15) is 11.3 Å². The first-order valence-electron chi connectivity index (χ1n) is 7.22. The monoisotopic (exact) mass is 318 g/mol. The van der Waals surface area contributed by atoms with E-state index >= 15 is 0 Å². The molecule has 1 aliphatic heterocycles. The van der Waals surface area contributed by atoms with Crippen molar-refractivity contribution in [1.82, 2.24) is 10.6 Å². The SMILES string of the molecule is O=C(NCCc1ccsc1)NCc1ccc2c(c1)OCCO2. The highest BCUT2D eigenvalue weighted by Gasteiger charge is 2.11. The highest BCUT2D eigenvalue weighted by molar-refractivity contribution is 7.07. The summed E-state index contributed by atoms with van der Waals surface area (Å²) < 4.78 is 11.0. The van der Waals surface area contributed by atoms with E-state index in [0.29, 0.717) is 26.3 Å². The average Bonchev–Trinajstić information content (AvgIpc) is 3.06. The van der Waals surface area contributed by atoms with E-state index in [2.05, 4.69) is 22.1 Å². The standard InChI is InChI=1S/C16H18N2O3S/c19-16(17-5-3-12-4-8-22-11-12)18-10-13-1-2-14-15(9-13)21-7-6-20-14/h1-2,4,8-9,11H,3,5-7,10H2,(H2,17,18,19). The van der Waals surface area contributed by atoms with Crippen molar-refractivity contribution in [3.05, 3.63) is 46.2 Å². The molecule has 1 aliphatic rings. The van der Waals surface area contributed by atoms with Crippen LogP contribution in [0.1, 0.15) is 11.1 Å². The van der Waals surface area contributed by atoms with Gasteiger partial charge in [-0.25, -0.2) is 4.79 Å². The number of hydrogen-bond acceptors (Lipinski definition) is 4. The Hall–Kier alpha value is -2.21. The fourth-order valence-corrected chi connectivity index (χ4v) is 2.90. The second-order valence-corrected chi connectivity index (χ2v) is 5.75. The third kappa shape index (κ3) is 3.92. The minimum atomic E-state index is -0.162. The first kappa shape index (κ1) is 14.7. The van der Waals surface area contributed by atoms with Crippen LogP contribution in [0.2, 0.25) is 0 Å². The normalized spacial score (nSPS) is 12.7. The Balaban J connectivity index is 1.42. The highest BCUT2D eigenvalue weighted by atomic mass is 32.1. The maximum atomic E-state index is 11.8. The maximum absolute atomic E-state index is 11.8. The lowest BCUT2D eigenvalue weighted by Crippen LogP contribution is -2.36. The van der Waals surface area contributed by atoms with Gasteiger partial charge < -0.3 is 20.1 Å².